The van der Waals surface area contributed by atoms with Gasteiger partial charge in [0.1, 0.15) is 6.54 Å². The number of amides is 1. The van der Waals surface area contributed by atoms with E-state index in [2.05, 4.69) is 41.1 Å². The van der Waals surface area contributed by atoms with E-state index in [4.69, 9.17) is 5.53 Å². The van der Waals surface area contributed by atoms with Gasteiger partial charge in [-0.25, -0.2) is 4.98 Å². The molecule has 0 saturated carbocycles. The van der Waals surface area contributed by atoms with Crippen molar-refractivity contribution in [1.29, 1.82) is 0 Å². The molecule has 0 aliphatic carbocycles. The van der Waals surface area contributed by atoms with E-state index in [0.717, 1.165) is 11.4 Å². The Morgan fingerprint density at radius 3 is 2.84 bits per heavy atom. The monoisotopic (exact) mass is 264 g/mol. The fraction of sp³-hybridized carbons (Fsp3) is 0.667. The zero-order chi connectivity index (χ0) is 14.5. The summed E-state index contributed by atoms with van der Waals surface area (Å²) in [5, 5.41) is 6.39. The van der Waals surface area contributed by atoms with Gasteiger partial charge in [-0.2, -0.15) is 0 Å². The van der Waals surface area contributed by atoms with Gasteiger partial charge in [-0.3, -0.25) is 4.79 Å². The lowest BCUT2D eigenvalue weighted by atomic mass is 9.97. The molecule has 1 aromatic rings. The fourth-order valence-corrected chi connectivity index (χ4v) is 1.52. The van der Waals surface area contributed by atoms with E-state index in [9.17, 15) is 4.79 Å². The topological polar surface area (TPSA) is 95.7 Å². The van der Waals surface area contributed by atoms with E-state index in [1.165, 1.54) is 0 Å². The molecule has 0 fully saturated rings. The number of hydrogen-bond donors (Lipinski definition) is 1. The maximum absolute atomic E-state index is 11.8. The predicted octanol–water partition coefficient (Wildman–Crippen LogP) is 2.16. The highest BCUT2D eigenvalue weighted by atomic mass is 16.1. The molecular weight excluding hydrogens is 244 g/mol. The van der Waals surface area contributed by atoms with Gasteiger partial charge < -0.3 is 9.88 Å². The average molecular weight is 264 g/mol. The van der Waals surface area contributed by atoms with E-state index in [1.54, 1.807) is 10.9 Å². The zero-order valence-corrected chi connectivity index (χ0v) is 11.8. The summed E-state index contributed by atoms with van der Waals surface area (Å²) in [7, 11) is 0. The van der Waals surface area contributed by atoms with E-state index >= 15 is 0 Å². The highest BCUT2D eigenvalue weighted by molar-refractivity contribution is 5.75. The first-order valence-electron chi connectivity index (χ1n) is 6.11. The molecule has 19 heavy (non-hydrogen) atoms. The van der Waals surface area contributed by atoms with Gasteiger partial charge in [0.25, 0.3) is 0 Å². The summed E-state index contributed by atoms with van der Waals surface area (Å²) in [5.41, 5.74) is 9.94. The van der Waals surface area contributed by atoms with Crippen molar-refractivity contribution in [3.8, 4) is 0 Å². The Morgan fingerprint density at radius 1 is 1.58 bits per heavy atom. The lowest BCUT2D eigenvalue weighted by Crippen LogP contribution is -2.34. The second kappa shape index (κ2) is 6.24. The van der Waals surface area contributed by atoms with Gasteiger partial charge in [-0.1, -0.05) is 25.9 Å². The molecule has 1 heterocycles. The minimum absolute atomic E-state index is 0.0500. The number of imidazole rings is 1. The summed E-state index contributed by atoms with van der Waals surface area (Å²) in [6.07, 6.45) is 1.59. The molecule has 0 atom stereocenters. The minimum atomic E-state index is -0.0745. The molecule has 0 saturated heterocycles. The molecule has 1 amide bonds. The third-order valence-electron chi connectivity index (χ3n) is 2.57. The Morgan fingerprint density at radius 2 is 2.26 bits per heavy atom. The standard InChI is InChI=1S/C12H20N6O/c1-9-10(5-16-17-13)18(8-15-9)6-11(19)14-7-12(2,3)4/h8H,5-7H2,1-4H3,(H,14,19). The first-order chi connectivity index (χ1) is 8.83. The van der Waals surface area contributed by atoms with Crippen LogP contribution < -0.4 is 5.32 Å². The van der Waals surface area contributed by atoms with Crippen molar-refractivity contribution in [2.75, 3.05) is 6.54 Å². The summed E-state index contributed by atoms with van der Waals surface area (Å²) in [6.45, 7) is 9.00. The normalized spacial score (nSPS) is 10.9. The number of aryl methyl sites for hydroxylation is 1. The third kappa shape index (κ3) is 5.01. The predicted molar refractivity (Wildman–Crippen MR) is 72.3 cm³/mol. The van der Waals surface area contributed by atoms with Crippen LogP contribution in [-0.4, -0.2) is 22.0 Å². The lowest BCUT2D eigenvalue weighted by molar-refractivity contribution is -0.122. The van der Waals surface area contributed by atoms with Gasteiger partial charge in [0.05, 0.1) is 18.6 Å². The third-order valence-corrected chi connectivity index (χ3v) is 2.57. The molecule has 0 bridgehead atoms. The molecule has 0 spiro atoms. The summed E-state index contributed by atoms with van der Waals surface area (Å²) >= 11 is 0. The van der Waals surface area contributed by atoms with Crippen molar-refractivity contribution in [3.05, 3.63) is 28.2 Å². The SMILES string of the molecule is Cc1ncn(CC(=O)NCC(C)(C)C)c1CN=[N+]=[N-]. The van der Waals surface area contributed by atoms with Crippen LogP contribution in [0.1, 0.15) is 32.2 Å². The van der Waals surface area contributed by atoms with Gasteiger partial charge in [-0.15, -0.1) is 0 Å². The van der Waals surface area contributed by atoms with E-state index < -0.39 is 0 Å². The van der Waals surface area contributed by atoms with Gasteiger partial charge in [0.15, 0.2) is 0 Å². The van der Waals surface area contributed by atoms with Gasteiger partial charge in [0, 0.05) is 17.2 Å². The Kier molecular flexibility index (Phi) is 4.94. The number of carbonyl (C=O) groups is 1. The Labute approximate surface area is 112 Å². The number of aromatic nitrogens is 2. The van der Waals surface area contributed by atoms with Crippen LogP contribution in [0.2, 0.25) is 0 Å². The van der Waals surface area contributed by atoms with Crippen molar-refractivity contribution < 1.29 is 4.79 Å². The van der Waals surface area contributed by atoms with Crippen LogP contribution in [0.25, 0.3) is 10.4 Å². The number of carbonyl (C=O) groups excluding carboxylic acids is 1. The summed E-state index contributed by atoms with van der Waals surface area (Å²) in [4.78, 5) is 18.7. The van der Waals surface area contributed by atoms with Crippen molar-refractivity contribution in [2.24, 2.45) is 10.5 Å². The number of hydrogen-bond acceptors (Lipinski definition) is 3. The molecule has 7 nitrogen and oxygen atoms in total. The first-order valence-corrected chi connectivity index (χ1v) is 6.11. The minimum Gasteiger partial charge on any atom is -0.354 e. The maximum atomic E-state index is 11.8. The van der Waals surface area contributed by atoms with E-state index in [-0.39, 0.29) is 24.4 Å². The molecule has 1 rings (SSSR count). The molecular formula is C12H20N6O. The van der Waals surface area contributed by atoms with Crippen molar-refractivity contribution in [2.45, 2.75) is 40.8 Å². The molecule has 0 aliphatic heterocycles. The highest BCUT2D eigenvalue weighted by Crippen LogP contribution is 2.11. The van der Waals surface area contributed by atoms with Crippen LogP contribution in [0.15, 0.2) is 11.4 Å². The van der Waals surface area contributed by atoms with Gasteiger partial charge >= 0.3 is 0 Å². The summed E-state index contributed by atoms with van der Waals surface area (Å²) in [5.74, 6) is -0.0745. The average Bonchev–Trinajstić information content (AvgIpc) is 2.64. The zero-order valence-electron chi connectivity index (χ0n) is 11.8. The number of nitrogens with one attached hydrogen (secondary N) is 1. The number of azide groups is 1. The van der Waals surface area contributed by atoms with Crippen LogP contribution in [0.3, 0.4) is 0 Å². The molecule has 1 N–H and O–H groups in total. The van der Waals surface area contributed by atoms with Crippen molar-refractivity contribution in [1.82, 2.24) is 14.9 Å². The summed E-state index contributed by atoms with van der Waals surface area (Å²) in [6, 6.07) is 0. The molecule has 1 aromatic heterocycles. The van der Waals surface area contributed by atoms with Crippen molar-refractivity contribution >= 4 is 5.91 Å². The largest absolute Gasteiger partial charge is 0.354 e. The highest BCUT2D eigenvalue weighted by Gasteiger charge is 2.14. The van der Waals surface area contributed by atoms with Crippen molar-refractivity contribution in [3.63, 3.8) is 0 Å². The number of rotatable bonds is 5. The number of nitrogens with zero attached hydrogens (tertiary/aromatic N) is 5. The second-order valence-corrected chi connectivity index (χ2v) is 5.63. The van der Waals surface area contributed by atoms with E-state index in [0.29, 0.717) is 6.54 Å². The second-order valence-electron chi connectivity index (χ2n) is 5.63. The van der Waals surface area contributed by atoms with E-state index in [1.807, 2.05) is 6.92 Å². The van der Waals surface area contributed by atoms with Crippen LogP contribution in [0, 0.1) is 12.3 Å². The van der Waals surface area contributed by atoms with Crippen LogP contribution >= 0.6 is 0 Å². The lowest BCUT2D eigenvalue weighted by Gasteiger charge is -2.19. The smallest absolute Gasteiger partial charge is 0.240 e. The quantitative estimate of drug-likeness (QED) is 0.501. The van der Waals surface area contributed by atoms with Crippen LogP contribution in [0.4, 0.5) is 0 Å². The molecule has 0 aromatic carbocycles. The molecule has 0 unspecified atom stereocenters. The van der Waals surface area contributed by atoms with Crippen LogP contribution in [0.5, 0.6) is 0 Å². The Bertz CT molecular complexity index is 493. The Balaban J connectivity index is 2.66. The Hall–Kier alpha value is -2.01. The molecule has 7 heteroatoms. The maximum Gasteiger partial charge on any atom is 0.240 e. The molecule has 0 radical (unpaired) electrons. The molecule has 104 valence electrons. The van der Waals surface area contributed by atoms with Gasteiger partial charge in [-0.05, 0) is 17.9 Å². The van der Waals surface area contributed by atoms with Crippen LogP contribution in [-0.2, 0) is 17.9 Å². The fourth-order valence-electron chi connectivity index (χ4n) is 1.52. The van der Waals surface area contributed by atoms with Gasteiger partial charge in [0.2, 0.25) is 5.91 Å². The first kappa shape index (κ1) is 15.0. The summed E-state index contributed by atoms with van der Waals surface area (Å²) < 4.78 is 1.71. The molecule has 0 aliphatic rings.